The predicted octanol–water partition coefficient (Wildman–Crippen LogP) is 3.19. The Bertz CT molecular complexity index is 1710. The van der Waals surface area contributed by atoms with Crippen LogP contribution in [0.2, 0.25) is 0 Å². The molecule has 2 N–H and O–H groups in total. The summed E-state index contributed by atoms with van der Waals surface area (Å²) >= 11 is 1.63. The molecule has 0 bridgehead atoms. The number of Topliss-reactive ketones (excluding diaryl/α,β-unsaturated/α-hetero) is 1. The molecule has 0 saturated heterocycles. The molecule has 5 rings (SSSR count). The van der Waals surface area contributed by atoms with E-state index >= 15 is 0 Å². The minimum atomic E-state index is -0.836. The molecule has 0 spiro atoms. The van der Waals surface area contributed by atoms with Crippen LogP contribution in [0.1, 0.15) is 49.7 Å². The number of rotatable bonds is 5. The molecule has 9 nitrogen and oxygen atoms in total. The molecule has 0 amide bonds. The van der Waals surface area contributed by atoms with Crippen LogP contribution in [0.25, 0.3) is 22.6 Å². The molecule has 1 aliphatic rings. The molecule has 10 heteroatoms. The normalized spacial score (nSPS) is 14.1. The van der Waals surface area contributed by atoms with Crippen LogP contribution in [0.15, 0.2) is 51.4 Å². The second-order valence-electron chi connectivity index (χ2n) is 8.83. The van der Waals surface area contributed by atoms with Crippen molar-refractivity contribution in [2.45, 2.75) is 19.3 Å². The summed E-state index contributed by atoms with van der Waals surface area (Å²) in [7, 11) is 2.61. The Morgan fingerprint density at radius 2 is 1.86 bits per heavy atom. The van der Waals surface area contributed by atoms with Crippen molar-refractivity contribution in [3.63, 3.8) is 0 Å². The van der Waals surface area contributed by atoms with Gasteiger partial charge in [0.2, 0.25) is 5.78 Å². The smallest absolute Gasteiger partial charge is 0.339 e. The summed E-state index contributed by atoms with van der Waals surface area (Å²) in [5, 5.41) is 2.64. The maximum Gasteiger partial charge on any atom is 0.339 e. The number of allylic oxidation sites excluding steroid dienone is 1. The lowest BCUT2D eigenvalue weighted by atomic mass is 9.86. The van der Waals surface area contributed by atoms with Gasteiger partial charge in [-0.25, -0.2) is 14.6 Å². The Kier molecular flexibility index (Phi) is 6.34. The van der Waals surface area contributed by atoms with Gasteiger partial charge in [0.25, 0.3) is 5.56 Å². The van der Waals surface area contributed by atoms with Gasteiger partial charge in [-0.2, -0.15) is 0 Å². The van der Waals surface area contributed by atoms with Crippen molar-refractivity contribution in [1.29, 1.82) is 0 Å². The average Bonchev–Trinajstić information content (AvgIpc) is 3.41. The monoisotopic (exact) mass is 516 g/mol. The summed E-state index contributed by atoms with van der Waals surface area (Å²) in [6.07, 6.45) is 4.41. The van der Waals surface area contributed by atoms with Crippen molar-refractivity contribution in [2.24, 2.45) is 14.1 Å². The number of thiophene rings is 1. The first-order chi connectivity index (χ1) is 17.8. The number of benzene rings is 1. The topological polar surface area (TPSA) is 126 Å². The Morgan fingerprint density at radius 3 is 2.62 bits per heavy atom. The van der Waals surface area contributed by atoms with Crippen LogP contribution in [-0.4, -0.2) is 32.5 Å². The predicted molar refractivity (Wildman–Crippen MR) is 143 cm³/mol. The zero-order chi connectivity index (χ0) is 26.3. The Balaban J connectivity index is 1.53. The average molecular weight is 517 g/mol. The maximum absolute atomic E-state index is 13.5. The standard InChI is InChI=1S/C27H24N4O5S/c1-30-24(28)22(25(33)31(2)27(30)35)20(32)14-36-26(34)21-17-9-3-4-11-19(17)29-23-15(7-5-10-18(21)23)13-16-8-6-12-37-16/h3-4,6,8-9,11-13H,5,7,10,14,28H2,1-2H3. The summed E-state index contributed by atoms with van der Waals surface area (Å²) in [4.78, 5) is 57.0. The molecular formula is C27H24N4O5S. The Morgan fingerprint density at radius 1 is 1.08 bits per heavy atom. The number of ether oxygens (including phenoxy) is 1. The highest BCUT2D eigenvalue weighted by molar-refractivity contribution is 7.10. The first-order valence-electron chi connectivity index (χ1n) is 11.7. The molecule has 3 aromatic heterocycles. The number of anilines is 1. The Labute approximate surface area is 215 Å². The number of fused-ring (bicyclic) bond motifs is 2. The van der Waals surface area contributed by atoms with E-state index in [0.29, 0.717) is 22.9 Å². The Hall–Kier alpha value is -4.31. The van der Waals surface area contributed by atoms with Gasteiger partial charge in [-0.15, -0.1) is 11.3 Å². The minimum Gasteiger partial charge on any atom is -0.454 e. The van der Waals surface area contributed by atoms with Crippen LogP contribution >= 0.6 is 11.3 Å². The third kappa shape index (κ3) is 4.29. The molecule has 37 heavy (non-hydrogen) atoms. The zero-order valence-electron chi connectivity index (χ0n) is 20.3. The van der Waals surface area contributed by atoms with E-state index in [1.54, 1.807) is 17.4 Å². The molecule has 4 aromatic rings. The molecular weight excluding hydrogens is 492 g/mol. The number of carbonyl (C=O) groups is 2. The summed E-state index contributed by atoms with van der Waals surface area (Å²) in [5.74, 6) is -1.74. The molecule has 0 aliphatic heterocycles. The summed E-state index contributed by atoms with van der Waals surface area (Å²) in [5.41, 5.74) is 7.60. The molecule has 188 valence electrons. The number of hydrogen-bond acceptors (Lipinski definition) is 8. The highest BCUT2D eigenvalue weighted by Gasteiger charge is 2.27. The highest BCUT2D eigenvalue weighted by atomic mass is 32.1. The minimum absolute atomic E-state index is 0.274. The summed E-state index contributed by atoms with van der Waals surface area (Å²) < 4.78 is 7.25. The van der Waals surface area contributed by atoms with Gasteiger partial charge in [0.15, 0.2) is 6.61 Å². The molecule has 0 saturated carbocycles. The second-order valence-corrected chi connectivity index (χ2v) is 9.81. The zero-order valence-corrected chi connectivity index (χ0v) is 21.1. The van der Waals surface area contributed by atoms with E-state index < -0.39 is 29.6 Å². The third-order valence-corrected chi connectivity index (χ3v) is 7.38. The van der Waals surface area contributed by atoms with E-state index in [4.69, 9.17) is 15.5 Å². The molecule has 1 aromatic carbocycles. The van der Waals surface area contributed by atoms with Gasteiger partial charge in [0, 0.05) is 24.4 Å². The number of esters is 1. The van der Waals surface area contributed by atoms with Crippen molar-refractivity contribution < 1.29 is 14.3 Å². The number of para-hydroxylation sites is 1. The van der Waals surface area contributed by atoms with E-state index in [1.165, 1.54) is 14.1 Å². The van der Waals surface area contributed by atoms with Crippen molar-refractivity contribution in [3.8, 4) is 0 Å². The number of nitrogen functional groups attached to an aromatic ring is 1. The third-order valence-electron chi connectivity index (χ3n) is 6.56. The lowest BCUT2D eigenvalue weighted by Crippen LogP contribution is -2.42. The quantitative estimate of drug-likeness (QED) is 0.319. The van der Waals surface area contributed by atoms with Crippen LogP contribution in [0.4, 0.5) is 5.82 Å². The maximum atomic E-state index is 13.5. The fraction of sp³-hybridized carbons (Fsp3) is 0.222. The first kappa shape index (κ1) is 24.4. The van der Waals surface area contributed by atoms with Crippen LogP contribution in [0.3, 0.4) is 0 Å². The van der Waals surface area contributed by atoms with Gasteiger partial charge in [-0.1, -0.05) is 24.3 Å². The van der Waals surface area contributed by atoms with Gasteiger partial charge in [0.1, 0.15) is 11.4 Å². The van der Waals surface area contributed by atoms with E-state index in [-0.39, 0.29) is 11.4 Å². The lowest BCUT2D eigenvalue weighted by molar-refractivity contribution is 0.0475. The van der Waals surface area contributed by atoms with Gasteiger partial charge < -0.3 is 10.5 Å². The molecule has 0 fully saturated rings. The van der Waals surface area contributed by atoms with Crippen molar-refractivity contribution >= 4 is 51.5 Å². The number of aromatic nitrogens is 3. The number of ketones is 1. The summed E-state index contributed by atoms with van der Waals surface area (Å²) in [6.45, 7) is -0.695. The lowest BCUT2D eigenvalue weighted by Gasteiger charge is -2.22. The highest BCUT2D eigenvalue weighted by Crippen LogP contribution is 2.36. The van der Waals surface area contributed by atoms with Crippen LogP contribution in [-0.2, 0) is 25.3 Å². The van der Waals surface area contributed by atoms with Crippen molar-refractivity contribution in [3.05, 3.63) is 89.9 Å². The number of pyridine rings is 1. The SMILES string of the molecule is Cn1c(N)c(C(=O)COC(=O)c2c3c(nc4ccccc24)C(=Cc2cccs2)CCC3)c(=O)n(C)c1=O. The number of nitrogens with zero attached hydrogens (tertiary/aromatic N) is 3. The van der Waals surface area contributed by atoms with Gasteiger partial charge >= 0.3 is 11.7 Å². The van der Waals surface area contributed by atoms with Crippen LogP contribution in [0.5, 0.6) is 0 Å². The van der Waals surface area contributed by atoms with E-state index in [2.05, 4.69) is 6.08 Å². The van der Waals surface area contributed by atoms with Gasteiger partial charge in [0.05, 0.1) is 16.8 Å². The van der Waals surface area contributed by atoms with Gasteiger partial charge in [-0.3, -0.25) is 18.7 Å². The number of hydrogen-bond donors (Lipinski definition) is 1. The molecule has 0 radical (unpaired) electrons. The summed E-state index contributed by atoms with van der Waals surface area (Å²) in [6, 6.07) is 11.3. The molecule has 1 aliphatic carbocycles. The van der Waals surface area contributed by atoms with E-state index in [1.807, 2.05) is 35.7 Å². The first-order valence-corrected chi connectivity index (χ1v) is 12.6. The number of nitrogens with two attached hydrogens (primary N) is 1. The molecule has 3 heterocycles. The van der Waals surface area contributed by atoms with Gasteiger partial charge in [-0.05, 0) is 54.0 Å². The van der Waals surface area contributed by atoms with Crippen molar-refractivity contribution in [2.75, 3.05) is 12.3 Å². The number of carbonyl (C=O) groups excluding carboxylic acids is 2. The van der Waals surface area contributed by atoms with E-state index in [0.717, 1.165) is 43.7 Å². The fourth-order valence-electron chi connectivity index (χ4n) is 4.65. The fourth-order valence-corrected chi connectivity index (χ4v) is 5.33. The van der Waals surface area contributed by atoms with Crippen LogP contribution < -0.4 is 17.0 Å². The van der Waals surface area contributed by atoms with Crippen molar-refractivity contribution in [1.82, 2.24) is 14.1 Å². The van der Waals surface area contributed by atoms with E-state index in [9.17, 15) is 19.2 Å². The molecule has 0 atom stereocenters. The molecule has 0 unspecified atom stereocenters. The second kappa shape index (κ2) is 9.62. The van der Waals surface area contributed by atoms with Crippen LogP contribution in [0, 0.1) is 0 Å². The largest absolute Gasteiger partial charge is 0.454 e.